The van der Waals surface area contributed by atoms with Gasteiger partial charge in [0.1, 0.15) is 23.6 Å². The van der Waals surface area contributed by atoms with Gasteiger partial charge in [-0.05, 0) is 48.7 Å². The lowest BCUT2D eigenvalue weighted by atomic mass is 10.0. The quantitative estimate of drug-likeness (QED) is 0.443. The van der Waals surface area contributed by atoms with Crippen molar-refractivity contribution in [2.45, 2.75) is 50.4 Å². The van der Waals surface area contributed by atoms with E-state index in [1.54, 1.807) is 0 Å². The zero-order valence-electron chi connectivity index (χ0n) is 16.8. The van der Waals surface area contributed by atoms with E-state index in [4.69, 9.17) is 0 Å². The Morgan fingerprint density at radius 2 is 1.71 bits per heavy atom. The van der Waals surface area contributed by atoms with Gasteiger partial charge in [0, 0.05) is 30.1 Å². The Bertz CT molecular complexity index is 957. The predicted octanol–water partition coefficient (Wildman–Crippen LogP) is 3.29. The molecule has 0 spiro atoms. The molecule has 0 radical (unpaired) electrons. The first-order chi connectivity index (χ1) is 15.0. The van der Waals surface area contributed by atoms with Gasteiger partial charge in [0.2, 0.25) is 0 Å². The topological polar surface area (TPSA) is 77.5 Å². The van der Waals surface area contributed by atoms with E-state index in [0.717, 1.165) is 37.8 Å². The van der Waals surface area contributed by atoms with Crippen molar-refractivity contribution >= 4 is 11.9 Å². The molecular formula is C22H24F3N5O. The maximum Gasteiger partial charge on any atom is 0.258 e. The van der Waals surface area contributed by atoms with Crippen LogP contribution in [0.2, 0.25) is 0 Å². The number of aliphatic imine (C=N–C) groups is 1. The van der Waals surface area contributed by atoms with Crippen LogP contribution in [0.4, 0.5) is 13.2 Å². The Balaban J connectivity index is 1.48. The van der Waals surface area contributed by atoms with Crippen LogP contribution in [0.5, 0.6) is 0 Å². The number of rotatable bonds is 4. The number of nitrogens with zero attached hydrogens (tertiary/aromatic N) is 1. The van der Waals surface area contributed by atoms with Gasteiger partial charge in [0.25, 0.3) is 5.91 Å². The van der Waals surface area contributed by atoms with E-state index in [1.165, 1.54) is 30.3 Å². The molecule has 2 aliphatic rings. The van der Waals surface area contributed by atoms with E-state index in [2.05, 4.69) is 26.5 Å². The van der Waals surface area contributed by atoms with Crippen LogP contribution in [0, 0.1) is 17.5 Å². The highest BCUT2D eigenvalue weighted by Gasteiger charge is 2.27. The van der Waals surface area contributed by atoms with Crippen molar-refractivity contribution in [2.75, 3.05) is 0 Å². The van der Waals surface area contributed by atoms with E-state index < -0.39 is 29.5 Å². The number of guanidine groups is 1. The van der Waals surface area contributed by atoms with Crippen LogP contribution in [-0.2, 0) is 0 Å². The molecular weight excluding hydrogens is 407 g/mol. The van der Waals surface area contributed by atoms with Gasteiger partial charge >= 0.3 is 0 Å². The number of benzene rings is 2. The number of halogens is 3. The molecule has 4 N–H and O–H groups in total. The first kappa shape index (κ1) is 21.3. The zero-order chi connectivity index (χ0) is 21.8. The SMILES string of the molecule is O=C(NC(=NC1CC(c2cc(F)cc(F)c2)NN1)NC1CCCC1)c1cccc(F)c1. The van der Waals surface area contributed by atoms with Gasteiger partial charge in [0.15, 0.2) is 5.96 Å². The summed E-state index contributed by atoms with van der Waals surface area (Å²) in [6, 6.07) is 8.65. The van der Waals surface area contributed by atoms with Crippen molar-refractivity contribution in [3.05, 3.63) is 71.0 Å². The van der Waals surface area contributed by atoms with Crippen LogP contribution in [0.25, 0.3) is 0 Å². The zero-order valence-corrected chi connectivity index (χ0v) is 16.8. The fourth-order valence-electron chi connectivity index (χ4n) is 3.95. The second kappa shape index (κ2) is 9.49. The van der Waals surface area contributed by atoms with E-state index in [0.29, 0.717) is 12.0 Å². The van der Waals surface area contributed by atoms with Crippen LogP contribution in [-0.4, -0.2) is 24.1 Å². The average Bonchev–Trinajstić information content (AvgIpc) is 3.39. The summed E-state index contributed by atoms with van der Waals surface area (Å²) >= 11 is 0. The number of amides is 1. The molecule has 1 saturated carbocycles. The molecule has 0 aromatic heterocycles. The largest absolute Gasteiger partial charge is 0.353 e. The summed E-state index contributed by atoms with van der Waals surface area (Å²) in [5.41, 5.74) is 6.63. The molecule has 2 aromatic carbocycles. The number of nitrogens with one attached hydrogen (secondary N) is 4. The van der Waals surface area contributed by atoms with Gasteiger partial charge in [0.05, 0.1) is 0 Å². The maximum absolute atomic E-state index is 13.5. The molecule has 31 heavy (non-hydrogen) atoms. The van der Waals surface area contributed by atoms with Crippen LogP contribution in [0.15, 0.2) is 47.5 Å². The first-order valence-electron chi connectivity index (χ1n) is 10.3. The van der Waals surface area contributed by atoms with Crippen LogP contribution >= 0.6 is 0 Å². The highest BCUT2D eigenvalue weighted by molar-refractivity contribution is 6.05. The lowest BCUT2D eigenvalue weighted by molar-refractivity contribution is 0.0975. The molecule has 1 aliphatic heterocycles. The van der Waals surface area contributed by atoms with Gasteiger partial charge in [-0.3, -0.25) is 10.1 Å². The summed E-state index contributed by atoms with van der Waals surface area (Å²) < 4.78 is 40.6. The Morgan fingerprint density at radius 3 is 2.42 bits per heavy atom. The fraction of sp³-hybridized carbons (Fsp3) is 0.364. The van der Waals surface area contributed by atoms with Crippen LogP contribution < -0.4 is 21.5 Å². The summed E-state index contributed by atoms with van der Waals surface area (Å²) in [7, 11) is 0. The minimum atomic E-state index is -0.644. The third-order valence-corrected chi connectivity index (χ3v) is 5.47. The Morgan fingerprint density at radius 1 is 0.968 bits per heavy atom. The second-order valence-electron chi connectivity index (χ2n) is 7.86. The number of hydrogen-bond acceptors (Lipinski definition) is 4. The Kier molecular flexibility index (Phi) is 6.53. The Labute approximate surface area is 178 Å². The summed E-state index contributed by atoms with van der Waals surface area (Å²) in [6.45, 7) is 0. The smallest absolute Gasteiger partial charge is 0.258 e. The minimum Gasteiger partial charge on any atom is -0.353 e. The number of hydrogen-bond donors (Lipinski definition) is 4. The van der Waals surface area contributed by atoms with Crippen molar-refractivity contribution in [3.63, 3.8) is 0 Å². The van der Waals surface area contributed by atoms with Crippen LogP contribution in [0.1, 0.15) is 54.1 Å². The van der Waals surface area contributed by atoms with E-state index in [1.807, 2.05) is 0 Å². The third kappa shape index (κ3) is 5.62. The molecule has 1 amide bonds. The summed E-state index contributed by atoms with van der Waals surface area (Å²) in [5.74, 6) is -1.98. The molecule has 2 fully saturated rings. The van der Waals surface area contributed by atoms with Gasteiger partial charge in [-0.2, -0.15) is 0 Å². The maximum atomic E-state index is 13.5. The summed E-state index contributed by atoms with van der Waals surface area (Å²) in [5, 5.41) is 6.00. The number of carbonyl (C=O) groups excluding carboxylic acids is 1. The van der Waals surface area contributed by atoms with Crippen molar-refractivity contribution in [3.8, 4) is 0 Å². The highest BCUT2D eigenvalue weighted by atomic mass is 19.1. The molecule has 2 atom stereocenters. The molecule has 164 valence electrons. The van der Waals surface area contributed by atoms with Crippen molar-refractivity contribution < 1.29 is 18.0 Å². The van der Waals surface area contributed by atoms with Gasteiger partial charge in [-0.25, -0.2) is 29.0 Å². The Hall–Kier alpha value is -2.91. The van der Waals surface area contributed by atoms with Gasteiger partial charge < -0.3 is 5.32 Å². The van der Waals surface area contributed by atoms with E-state index >= 15 is 0 Å². The molecule has 1 saturated heterocycles. The lowest BCUT2D eigenvalue weighted by Gasteiger charge is -2.18. The predicted molar refractivity (Wildman–Crippen MR) is 110 cm³/mol. The summed E-state index contributed by atoms with van der Waals surface area (Å²) in [4.78, 5) is 17.2. The normalized spacial score (nSPS) is 22.0. The molecule has 2 aromatic rings. The number of hydrazine groups is 1. The van der Waals surface area contributed by atoms with Gasteiger partial charge in [-0.15, -0.1) is 0 Å². The first-order valence-corrected chi connectivity index (χ1v) is 10.3. The molecule has 4 rings (SSSR count). The van der Waals surface area contributed by atoms with E-state index in [-0.39, 0.29) is 23.6 Å². The minimum absolute atomic E-state index is 0.187. The highest BCUT2D eigenvalue weighted by Crippen LogP contribution is 2.24. The lowest BCUT2D eigenvalue weighted by Crippen LogP contribution is -2.46. The summed E-state index contributed by atoms with van der Waals surface area (Å²) in [6.07, 6.45) is 4.12. The molecule has 2 unspecified atom stereocenters. The van der Waals surface area contributed by atoms with Crippen LogP contribution in [0.3, 0.4) is 0 Å². The second-order valence-corrected chi connectivity index (χ2v) is 7.86. The van der Waals surface area contributed by atoms with Crippen molar-refractivity contribution in [2.24, 2.45) is 4.99 Å². The standard InChI is InChI=1S/C22H24F3N5O/c23-15-5-3-4-13(8-15)21(31)28-22(26-18-6-1-2-7-18)27-20-12-19(29-30-20)14-9-16(24)11-17(25)10-14/h3-5,8-11,18-20,29-30H,1-2,6-7,12H2,(H2,26,27,28,31). The van der Waals surface area contributed by atoms with Crippen molar-refractivity contribution in [1.29, 1.82) is 0 Å². The molecule has 0 bridgehead atoms. The fourth-order valence-corrected chi connectivity index (χ4v) is 3.95. The van der Waals surface area contributed by atoms with Crippen molar-refractivity contribution in [1.82, 2.24) is 21.5 Å². The monoisotopic (exact) mass is 431 g/mol. The van der Waals surface area contributed by atoms with Gasteiger partial charge in [-0.1, -0.05) is 18.9 Å². The average molecular weight is 431 g/mol. The molecule has 1 aliphatic carbocycles. The van der Waals surface area contributed by atoms with E-state index in [9.17, 15) is 18.0 Å². The molecule has 1 heterocycles. The molecule has 6 nitrogen and oxygen atoms in total. The third-order valence-electron chi connectivity index (χ3n) is 5.47. The molecule has 9 heteroatoms. The number of carbonyl (C=O) groups is 1.